The molecule has 4 heteroatoms. The number of aromatic amines is 1. The van der Waals surface area contributed by atoms with Gasteiger partial charge in [-0.05, 0) is 24.6 Å². The Morgan fingerprint density at radius 3 is 2.81 bits per heavy atom. The Bertz CT molecular complexity index is 587. The molecule has 0 fully saturated rings. The summed E-state index contributed by atoms with van der Waals surface area (Å²) in [5, 5.41) is 0. The first-order valence-corrected chi connectivity index (χ1v) is 4.83. The molecule has 1 aromatic heterocycles. The number of aromatic nitrogens is 2. The predicted molar refractivity (Wildman–Crippen MR) is 60.3 cm³/mol. The highest BCUT2D eigenvalue weighted by atomic mass is 16.1. The molecule has 1 N–H and O–H groups in total. The molecule has 0 saturated carbocycles. The van der Waals surface area contributed by atoms with Crippen molar-refractivity contribution in [1.29, 1.82) is 0 Å². The first kappa shape index (κ1) is 10.3. The lowest BCUT2D eigenvalue weighted by Gasteiger charge is -2.02. The number of carbonyl (C=O) groups is 1. The molecule has 0 atom stereocenters. The van der Waals surface area contributed by atoms with E-state index in [2.05, 4.69) is 9.97 Å². The lowest BCUT2D eigenvalue weighted by atomic mass is 10.1. The van der Waals surface area contributed by atoms with Gasteiger partial charge in [0.05, 0.1) is 5.69 Å². The van der Waals surface area contributed by atoms with E-state index in [1.807, 2.05) is 6.07 Å². The number of benzene rings is 1. The highest BCUT2D eigenvalue weighted by Crippen LogP contribution is 2.16. The van der Waals surface area contributed by atoms with Crippen LogP contribution in [-0.4, -0.2) is 15.8 Å². The average Bonchev–Trinajstić information content (AvgIpc) is 2.29. The van der Waals surface area contributed by atoms with E-state index in [0.29, 0.717) is 11.3 Å². The van der Waals surface area contributed by atoms with Gasteiger partial charge in [0.1, 0.15) is 0 Å². The summed E-state index contributed by atoms with van der Waals surface area (Å²) in [6.07, 6.45) is 1.44. The molecule has 0 aliphatic heterocycles. The van der Waals surface area contributed by atoms with Gasteiger partial charge in [-0.1, -0.05) is 18.2 Å². The number of hydrogen-bond acceptors (Lipinski definition) is 3. The Hall–Kier alpha value is -2.23. The number of H-pyrrole nitrogens is 1. The van der Waals surface area contributed by atoms with Crippen LogP contribution in [0.1, 0.15) is 17.3 Å². The molecule has 16 heavy (non-hydrogen) atoms. The lowest BCUT2D eigenvalue weighted by Crippen LogP contribution is -2.09. The van der Waals surface area contributed by atoms with Gasteiger partial charge in [-0.2, -0.15) is 0 Å². The molecule has 0 aliphatic carbocycles. The second-order valence-corrected chi connectivity index (χ2v) is 3.43. The van der Waals surface area contributed by atoms with Crippen molar-refractivity contribution in [2.24, 2.45) is 0 Å². The van der Waals surface area contributed by atoms with Crippen molar-refractivity contribution in [3.63, 3.8) is 0 Å². The highest BCUT2D eigenvalue weighted by molar-refractivity contribution is 5.95. The molecule has 0 bridgehead atoms. The molecular formula is C12H10N2O2. The minimum absolute atomic E-state index is 0.00162. The van der Waals surface area contributed by atoms with Gasteiger partial charge in [0.2, 0.25) is 0 Å². The third-order valence-corrected chi connectivity index (χ3v) is 2.25. The minimum atomic E-state index is -0.397. The summed E-state index contributed by atoms with van der Waals surface area (Å²) in [4.78, 5) is 28.4. The summed E-state index contributed by atoms with van der Waals surface area (Å²) in [5.74, 6) is -0.00162. The van der Waals surface area contributed by atoms with Crippen molar-refractivity contribution < 1.29 is 4.79 Å². The maximum Gasteiger partial charge on any atom is 0.345 e. The van der Waals surface area contributed by atoms with E-state index in [1.165, 1.54) is 13.1 Å². The van der Waals surface area contributed by atoms with Crippen LogP contribution < -0.4 is 5.69 Å². The van der Waals surface area contributed by atoms with Crippen LogP contribution in [0.15, 0.2) is 41.3 Å². The first-order chi connectivity index (χ1) is 7.66. The van der Waals surface area contributed by atoms with Crippen LogP contribution in [0.25, 0.3) is 11.3 Å². The van der Waals surface area contributed by atoms with E-state index in [-0.39, 0.29) is 5.78 Å². The number of Topliss-reactive ketones (excluding diaryl/α,β-unsaturated/α-hetero) is 1. The van der Waals surface area contributed by atoms with Crippen molar-refractivity contribution in [2.75, 3.05) is 0 Å². The van der Waals surface area contributed by atoms with E-state index < -0.39 is 5.69 Å². The summed E-state index contributed by atoms with van der Waals surface area (Å²) in [5.41, 5.74) is 1.68. The zero-order valence-electron chi connectivity index (χ0n) is 8.73. The molecule has 1 heterocycles. The fourth-order valence-corrected chi connectivity index (χ4v) is 1.44. The minimum Gasteiger partial charge on any atom is -0.305 e. The van der Waals surface area contributed by atoms with Crippen molar-refractivity contribution in [2.45, 2.75) is 6.92 Å². The fourth-order valence-electron chi connectivity index (χ4n) is 1.44. The Morgan fingerprint density at radius 1 is 1.31 bits per heavy atom. The molecular weight excluding hydrogens is 204 g/mol. The molecule has 0 spiro atoms. The Labute approximate surface area is 92.0 Å². The molecule has 0 aliphatic rings. The van der Waals surface area contributed by atoms with E-state index in [1.54, 1.807) is 24.3 Å². The third-order valence-electron chi connectivity index (χ3n) is 2.25. The second kappa shape index (κ2) is 4.10. The van der Waals surface area contributed by atoms with Gasteiger partial charge in [-0.3, -0.25) is 4.79 Å². The molecule has 0 radical (unpaired) electrons. The van der Waals surface area contributed by atoms with Crippen LogP contribution in [0.5, 0.6) is 0 Å². The number of hydrogen-bond donors (Lipinski definition) is 1. The Kier molecular flexibility index (Phi) is 2.64. The normalized spacial score (nSPS) is 10.1. The summed E-state index contributed by atoms with van der Waals surface area (Å²) < 4.78 is 0. The molecule has 0 unspecified atom stereocenters. The van der Waals surface area contributed by atoms with Gasteiger partial charge in [0, 0.05) is 11.8 Å². The number of nitrogens with zero attached hydrogens (tertiary/aromatic N) is 1. The largest absolute Gasteiger partial charge is 0.345 e. The molecule has 0 saturated heterocycles. The third kappa shape index (κ3) is 2.06. The summed E-state index contributed by atoms with van der Waals surface area (Å²) in [7, 11) is 0. The number of rotatable bonds is 2. The van der Waals surface area contributed by atoms with E-state index in [0.717, 1.165) is 5.56 Å². The molecule has 1 aromatic carbocycles. The van der Waals surface area contributed by atoms with Gasteiger partial charge >= 0.3 is 5.69 Å². The van der Waals surface area contributed by atoms with E-state index >= 15 is 0 Å². The van der Waals surface area contributed by atoms with Crippen LogP contribution in [0.3, 0.4) is 0 Å². The average molecular weight is 214 g/mol. The zero-order valence-corrected chi connectivity index (χ0v) is 8.73. The standard InChI is InChI=1S/C12H10N2O2/c1-8(15)9-3-2-4-10(7-9)11-5-6-13-12(16)14-11/h2-7H,1H3,(H,13,14,16). The van der Waals surface area contributed by atoms with Gasteiger partial charge in [0.15, 0.2) is 5.78 Å². The highest BCUT2D eigenvalue weighted by Gasteiger charge is 2.02. The Morgan fingerprint density at radius 2 is 2.12 bits per heavy atom. The topological polar surface area (TPSA) is 62.8 Å². The summed E-state index contributed by atoms with van der Waals surface area (Å²) in [6, 6.07) is 8.79. The van der Waals surface area contributed by atoms with Crippen LogP contribution in [0, 0.1) is 0 Å². The number of ketones is 1. The van der Waals surface area contributed by atoms with Gasteiger partial charge in [0.25, 0.3) is 0 Å². The quantitative estimate of drug-likeness (QED) is 0.773. The van der Waals surface area contributed by atoms with Crippen molar-refractivity contribution in [1.82, 2.24) is 9.97 Å². The number of nitrogens with one attached hydrogen (secondary N) is 1. The van der Waals surface area contributed by atoms with Crippen molar-refractivity contribution in [3.05, 3.63) is 52.6 Å². The zero-order chi connectivity index (χ0) is 11.5. The number of carbonyl (C=O) groups excluding carboxylic acids is 1. The molecule has 80 valence electrons. The van der Waals surface area contributed by atoms with Crippen LogP contribution in [-0.2, 0) is 0 Å². The maximum absolute atomic E-state index is 11.2. The summed E-state index contributed by atoms with van der Waals surface area (Å²) >= 11 is 0. The van der Waals surface area contributed by atoms with Crippen LogP contribution in [0.4, 0.5) is 0 Å². The smallest absolute Gasteiger partial charge is 0.305 e. The van der Waals surface area contributed by atoms with Gasteiger partial charge in [-0.15, -0.1) is 0 Å². The molecule has 2 rings (SSSR count). The van der Waals surface area contributed by atoms with Gasteiger partial charge < -0.3 is 4.98 Å². The fraction of sp³-hybridized carbons (Fsp3) is 0.0833. The predicted octanol–water partition coefficient (Wildman–Crippen LogP) is 1.64. The second-order valence-electron chi connectivity index (χ2n) is 3.43. The molecule has 0 amide bonds. The molecule has 2 aromatic rings. The van der Waals surface area contributed by atoms with E-state index in [9.17, 15) is 9.59 Å². The lowest BCUT2D eigenvalue weighted by molar-refractivity contribution is 0.101. The first-order valence-electron chi connectivity index (χ1n) is 4.83. The van der Waals surface area contributed by atoms with Gasteiger partial charge in [-0.25, -0.2) is 9.78 Å². The Balaban J connectivity index is 2.52. The molecule has 4 nitrogen and oxygen atoms in total. The summed E-state index contributed by atoms with van der Waals surface area (Å²) in [6.45, 7) is 1.51. The van der Waals surface area contributed by atoms with Crippen molar-refractivity contribution >= 4 is 5.78 Å². The van der Waals surface area contributed by atoms with Crippen LogP contribution >= 0.6 is 0 Å². The monoisotopic (exact) mass is 214 g/mol. The maximum atomic E-state index is 11.2. The SMILES string of the molecule is CC(=O)c1cccc(-c2ccnc(=O)[nH]2)c1. The van der Waals surface area contributed by atoms with E-state index in [4.69, 9.17) is 0 Å². The van der Waals surface area contributed by atoms with Crippen LogP contribution in [0.2, 0.25) is 0 Å². The van der Waals surface area contributed by atoms with Crippen molar-refractivity contribution in [3.8, 4) is 11.3 Å².